The second-order valence-electron chi connectivity index (χ2n) is 4.86. The van der Waals surface area contributed by atoms with E-state index in [2.05, 4.69) is 16.8 Å². The molecule has 5 nitrogen and oxygen atoms in total. The minimum Gasteiger partial charge on any atom is -0.378 e. The Bertz CT molecular complexity index is 593. The molecule has 114 valence electrons. The lowest BCUT2D eigenvalue weighted by Gasteiger charge is -2.28. The summed E-state index contributed by atoms with van der Waals surface area (Å²) in [7, 11) is 0. The molecule has 1 fully saturated rings. The molecule has 1 aliphatic rings. The lowest BCUT2D eigenvalue weighted by molar-refractivity contribution is -0.116. The van der Waals surface area contributed by atoms with Crippen molar-refractivity contribution in [3.63, 3.8) is 0 Å². The molecule has 1 heterocycles. The molecule has 1 saturated heterocycles. The highest BCUT2D eigenvalue weighted by Crippen LogP contribution is 2.18. The summed E-state index contributed by atoms with van der Waals surface area (Å²) in [6.45, 7) is 7.10. The molecule has 1 aliphatic heterocycles. The summed E-state index contributed by atoms with van der Waals surface area (Å²) in [4.78, 5) is 14.0. The van der Waals surface area contributed by atoms with E-state index in [1.807, 2.05) is 30.3 Å². The van der Waals surface area contributed by atoms with Gasteiger partial charge in [-0.2, -0.15) is 5.26 Å². The number of nitrogens with zero attached hydrogens (tertiary/aromatic N) is 2. The lowest BCUT2D eigenvalue weighted by Crippen LogP contribution is -2.36. The van der Waals surface area contributed by atoms with Gasteiger partial charge in [0.2, 0.25) is 0 Å². The first-order chi connectivity index (χ1) is 10.7. The van der Waals surface area contributed by atoms with Gasteiger partial charge in [-0.25, -0.2) is 0 Å². The van der Waals surface area contributed by atoms with Gasteiger partial charge < -0.3 is 15.0 Å². The van der Waals surface area contributed by atoms with Gasteiger partial charge in [0.1, 0.15) is 11.6 Å². The van der Waals surface area contributed by atoms with Crippen molar-refractivity contribution in [3.05, 3.63) is 48.1 Å². The molecule has 0 spiro atoms. The van der Waals surface area contributed by atoms with Crippen molar-refractivity contribution in [2.75, 3.05) is 37.7 Å². The van der Waals surface area contributed by atoms with Crippen LogP contribution in [0.3, 0.4) is 0 Å². The molecule has 1 aromatic rings. The number of carbonyl (C=O) groups excluding carboxylic acids is 1. The first-order valence-corrected chi connectivity index (χ1v) is 7.18. The van der Waals surface area contributed by atoms with E-state index in [9.17, 15) is 4.79 Å². The average molecular weight is 297 g/mol. The number of benzene rings is 1. The van der Waals surface area contributed by atoms with E-state index >= 15 is 0 Å². The SMILES string of the molecule is C=CCNC(=O)/C(C#N)=C/c1ccc(N2CCOCC2)cc1. The topological polar surface area (TPSA) is 65.4 Å². The maximum absolute atomic E-state index is 11.8. The summed E-state index contributed by atoms with van der Waals surface area (Å²) >= 11 is 0. The number of carbonyl (C=O) groups is 1. The van der Waals surface area contributed by atoms with Gasteiger partial charge in [-0.3, -0.25) is 4.79 Å². The third kappa shape index (κ3) is 4.21. The summed E-state index contributed by atoms with van der Waals surface area (Å²) in [5, 5.41) is 11.7. The molecule has 0 aromatic heterocycles. The highest BCUT2D eigenvalue weighted by molar-refractivity contribution is 6.01. The first kappa shape index (κ1) is 15.8. The third-order valence-electron chi connectivity index (χ3n) is 3.35. The molecule has 0 atom stereocenters. The molecular weight excluding hydrogens is 278 g/mol. The summed E-state index contributed by atoms with van der Waals surface area (Å²) in [5.41, 5.74) is 2.03. The fraction of sp³-hybridized carbons (Fsp3) is 0.294. The summed E-state index contributed by atoms with van der Waals surface area (Å²) < 4.78 is 5.33. The Morgan fingerprint density at radius 3 is 2.64 bits per heavy atom. The van der Waals surface area contributed by atoms with Gasteiger partial charge >= 0.3 is 0 Å². The molecule has 2 rings (SSSR count). The van der Waals surface area contributed by atoms with Crippen molar-refractivity contribution in [1.29, 1.82) is 5.26 Å². The second-order valence-corrected chi connectivity index (χ2v) is 4.86. The van der Waals surface area contributed by atoms with Gasteiger partial charge in [0.15, 0.2) is 0 Å². The van der Waals surface area contributed by atoms with Gasteiger partial charge in [0.05, 0.1) is 13.2 Å². The molecule has 1 N–H and O–H groups in total. The number of nitriles is 1. The minimum absolute atomic E-state index is 0.0842. The number of nitrogens with one attached hydrogen (secondary N) is 1. The standard InChI is InChI=1S/C17H19N3O2/c1-2-7-19-17(21)15(13-18)12-14-3-5-16(6-4-14)20-8-10-22-11-9-20/h2-6,12H,1,7-11H2,(H,19,21)/b15-12+. The number of ether oxygens (including phenoxy) is 1. The second kappa shape index (κ2) is 8.01. The molecular formula is C17H19N3O2. The van der Waals surface area contributed by atoms with Crippen LogP contribution >= 0.6 is 0 Å². The summed E-state index contributed by atoms with van der Waals surface area (Å²) in [5.74, 6) is -0.389. The van der Waals surface area contributed by atoms with Gasteiger partial charge in [-0.1, -0.05) is 18.2 Å². The van der Waals surface area contributed by atoms with Gasteiger partial charge in [0, 0.05) is 25.3 Å². The first-order valence-electron chi connectivity index (χ1n) is 7.18. The highest BCUT2D eigenvalue weighted by Gasteiger charge is 2.11. The quantitative estimate of drug-likeness (QED) is 0.511. The van der Waals surface area contributed by atoms with Crippen LogP contribution in [0.5, 0.6) is 0 Å². The van der Waals surface area contributed by atoms with Crippen molar-refractivity contribution in [1.82, 2.24) is 5.32 Å². The van der Waals surface area contributed by atoms with E-state index in [1.165, 1.54) is 0 Å². The van der Waals surface area contributed by atoms with E-state index in [-0.39, 0.29) is 11.5 Å². The Labute approximate surface area is 130 Å². The fourth-order valence-electron chi connectivity index (χ4n) is 2.18. The van der Waals surface area contributed by atoms with Crippen LogP contribution in [0.4, 0.5) is 5.69 Å². The monoisotopic (exact) mass is 297 g/mol. The maximum atomic E-state index is 11.8. The van der Waals surface area contributed by atoms with E-state index in [0.717, 1.165) is 37.6 Å². The average Bonchev–Trinajstić information content (AvgIpc) is 2.59. The normalized spacial score (nSPS) is 15.0. The zero-order chi connectivity index (χ0) is 15.8. The number of hydrogen-bond donors (Lipinski definition) is 1. The molecule has 0 bridgehead atoms. The van der Waals surface area contributed by atoms with Crippen molar-refractivity contribution >= 4 is 17.7 Å². The van der Waals surface area contributed by atoms with E-state index in [4.69, 9.17) is 10.00 Å². The van der Waals surface area contributed by atoms with Crippen LogP contribution in [0.15, 0.2) is 42.5 Å². The van der Waals surface area contributed by atoms with Crippen LogP contribution in [0, 0.1) is 11.3 Å². The Balaban J connectivity index is 2.08. The minimum atomic E-state index is -0.389. The summed E-state index contributed by atoms with van der Waals surface area (Å²) in [6.07, 6.45) is 3.16. The molecule has 22 heavy (non-hydrogen) atoms. The molecule has 0 unspecified atom stereocenters. The van der Waals surface area contributed by atoms with Crippen LogP contribution < -0.4 is 10.2 Å². The molecule has 0 radical (unpaired) electrons. The number of anilines is 1. The van der Waals surface area contributed by atoms with Crippen molar-refractivity contribution in [2.24, 2.45) is 0 Å². The Morgan fingerprint density at radius 2 is 2.05 bits per heavy atom. The fourth-order valence-corrected chi connectivity index (χ4v) is 2.18. The smallest absolute Gasteiger partial charge is 0.262 e. The van der Waals surface area contributed by atoms with E-state index in [1.54, 1.807) is 12.2 Å². The van der Waals surface area contributed by atoms with Crippen molar-refractivity contribution in [2.45, 2.75) is 0 Å². The number of rotatable bonds is 5. The van der Waals surface area contributed by atoms with Crippen LogP contribution in [0.1, 0.15) is 5.56 Å². The van der Waals surface area contributed by atoms with Crippen LogP contribution in [-0.2, 0) is 9.53 Å². The van der Waals surface area contributed by atoms with Gasteiger partial charge in [-0.15, -0.1) is 6.58 Å². The predicted octanol–water partition coefficient (Wildman–Crippen LogP) is 1.73. The van der Waals surface area contributed by atoms with Crippen molar-refractivity contribution < 1.29 is 9.53 Å². The number of morpholine rings is 1. The number of hydrogen-bond acceptors (Lipinski definition) is 4. The number of amides is 1. The van der Waals surface area contributed by atoms with Crippen LogP contribution in [-0.4, -0.2) is 38.8 Å². The lowest BCUT2D eigenvalue weighted by atomic mass is 10.1. The Hall–Kier alpha value is -2.58. The third-order valence-corrected chi connectivity index (χ3v) is 3.35. The van der Waals surface area contributed by atoms with Crippen LogP contribution in [0.25, 0.3) is 6.08 Å². The molecule has 1 aromatic carbocycles. The van der Waals surface area contributed by atoms with Crippen molar-refractivity contribution in [3.8, 4) is 6.07 Å². The Kier molecular flexibility index (Phi) is 5.75. The predicted molar refractivity (Wildman–Crippen MR) is 86.3 cm³/mol. The van der Waals surface area contributed by atoms with Crippen LogP contribution in [0.2, 0.25) is 0 Å². The zero-order valence-corrected chi connectivity index (χ0v) is 12.4. The van der Waals surface area contributed by atoms with E-state index in [0.29, 0.717) is 6.54 Å². The van der Waals surface area contributed by atoms with Gasteiger partial charge in [0.25, 0.3) is 5.91 Å². The zero-order valence-electron chi connectivity index (χ0n) is 12.4. The maximum Gasteiger partial charge on any atom is 0.262 e. The molecule has 1 amide bonds. The van der Waals surface area contributed by atoms with Gasteiger partial charge in [-0.05, 0) is 23.8 Å². The molecule has 5 heteroatoms. The van der Waals surface area contributed by atoms with E-state index < -0.39 is 0 Å². The highest BCUT2D eigenvalue weighted by atomic mass is 16.5. The molecule has 0 aliphatic carbocycles. The Morgan fingerprint density at radius 1 is 1.36 bits per heavy atom. The summed E-state index contributed by atoms with van der Waals surface area (Å²) in [6, 6.07) is 9.72. The largest absolute Gasteiger partial charge is 0.378 e. The molecule has 0 saturated carbocycles.